The molecule has 0 radical (unpaired) electrons. The van der Waals surface area contributed by atoms with Crippen molar-refractivity contribution in [2.45, 2.75) is 135 Å². The van der Waals surface area contributed by atoms with E-state index in [0.29, 0.717) is 25.7 Å². The number of phosphoric ester groups is 2. The minimum atomic E-state index is -4.59. The molecule has 2 atom stereocenters. The van der Waals surface area contributed by atoms with Gasteiger partial charge in [0, 0.05) is 5.54 Å². The predicted octanol–water partition coefficient (Wildman–Crippen LogP) is 7.12. The zero-order valence-electron chi connectivity index (χ0n) is 31.1. The van der Waals surface area contributed by atoms with Crippen LogP contribution in [0.25, 0.3) is 0 Å². The number of hydrogen-bond acceptors (Lipinski definition) is 8. The molecule has 12 nitrogen and oxygen atoms in total. The minimum absolute atomic E-state index is 0.184. The smallest absolute Gasteiger partial charge is 0.469 e. The molecule has 0 aliphatic carbocycles. The van der Waals surface area contributed by atoms with Crippen molar-refractivity contribution in [3.05, 3.63) is 65.2 Å². The number of aliphatic hydroxyl groups excluding tert-OH is 1. The van der Waals surface area contributed by atoms with Crippen molar-refractivity contribution in [2.75, 3.05) is 26.4 Å². The molecule has 14 heteroatoms. The monoisotopic (exact) mass is 760 g/mol. The van der Waals surface area contributed by atoms with Crippen LogP contribution in [0.5, 0.6) is 5.75 Å². The second-order valence-electron chi connectivity index (χ2n) is 13.9. The molecule has 0 aromatic heterocycles. The topological polar surface area (TPSA) is 215 Å². The molecule has 0 aliphatic heterocycles. The molecule has 0 bridgehead atoms. The first-order valence-electron chi connectivity index (χ1n) is 18.4. The van der Waals surface area contributed by atoms with Gasteiger partial charge in [0.25, 0.3) is 0 Å². The fraction of sp³-hybridized carbons (Fsp3) is 0.676. The molecule has 0 heterocycles. The lowest BCUT2D eigenvalue weighted by Gasteiger charge is -2.27. The van der Waals surface area contributed by atoms with Gasteiger partial charge in [-0.25, -0.2) is 9.13 Å². The van der Waals surface area contributed by atoms with Gasteiger partial charge in [0.05, 0.1) is 32.0 Å². The zero-order chi connectivity index (χ0) is 38.2. The van der Waals surface area contributed by atoms with Crippen LogP contribution in [0.1, 0.15) is 121 Å². The maximum atomic E-state index is 10.8. The molecule has 0 aliphatic rings. The van der Waals surface area contributed by atoms with Crippen molar-refractivity contribution in [1.29, 1.82) is 0 Å². The van der Waals surface area contributed by atoms with Crippen LogP contribution in [0.3, 0.4) is 0 Å². The first-order valence-corrected chi connectivity index (χ1v) is 21.4. The van der Waals surface area contributed by atoms with Gasteiger partial charge in [0.15, 0.2) is 0 Å². The molecule has 2 rings (SSSR count). The van der Waals surface area contributed by atoms with Gasteiger partial charge >= 0.3 is 15.6 Å². The van der Waals surface area contributed by atoms with Crippen LogP contribution >= 0.6 is 15.6 Å². The van der Waals surface area contributed by atoms with Crippen molar-refractivity contribution in [3.8, 4) is 5.75 Å². The molecule has 0 fully saturated rings. The summed E-state index contributed by atoms with van der Waals surface area (Å²) in [6.45, 7) is 5.92. The lowest BCUT2D eigenvalue weighted by Crippen LogP contribution is -2.48. The summed E-state index contributed by atoms with van der Waals surface area (Å²) in [4.78, 5) is 35.0. The van der Waals surface area contributed by atoms with Crippen molar-refractivity contribution in [1.82, 2.24) is 0 Å². The number of benzene rings is 2. The van der Waals surface area contributed by atoms with E-state index in [4.69, 9.17) is 35.8 Å². The number of ether oxygens (including phenoxy) is 1. The molecule has 0 saturated carbocycles. The molecular formula is C37H66N2O10P2. The van der Waals surface area contributed by atoms with Gasteiger partial charge < -0.3 is 40.9 Å². The Morgan fingerprint density at radius 1 is 0.608 bits per heavy atom. The van der Waals surface area contributed by atoms with E-state index >= 15 is 0 Å². The number of aliphatic hydroxyl groups is 1. The third-order valence-electron chi connectivity index (χ3n) is 8.58. The molecular weight excluding hydrogens is 694 g/mol. The highest BCUT2D eigenvalue weighted by Crippen LogP contribution is 2.37. The van der Waals surface area contributed by atoms with Crippen molar-refractivity contribution >= 4 is 15.6 Å². The quantitative estimate of drug-likeness (QED) is 0.0358. The van der Waals surface area contributed by atoms with Gasteiger partial charge in [-0.15, -0.1) is 0 Å². The molecule has 294 valence electrons. The average Bonchev–Trinajstić information content (AvgIpc) is 3.08. The van der Waals surface area contributed by atoms with Gasteiger partial charge in [0.2, 0.25) is 0 Å². The van der Waals surface area contributed by atoms with E-state index in [9.17, 15) is 14.2 Å². The number of nitrogens with two attached hydrogens (primary N) is 2. The van der Waals surface area contributed by atoms with E-state index in [2.05, 4.69) is 35.0 Å². The molecule has 2 aromatic carbocycles. The van der Waals surface area contributed by atoms with E-state index in [1.807, 2.05) is 36.4 Å². The first-order chi connectivity index (χ1) is 24.0. The highest BCUT2D eigenvalue weighted by molar-refractivity contribution is 7.46. The molecule has 9 N–H and O–H groups in total. The van der Waals surface area contributed by atoms with Crippen molar-refractivity contribution in [2.24, 2.45) is 11.5 Å². The average molecular weight is 761 g/mol. The van der Waals surface area contributed by atoms with Crippen LogP contribution in [0, 0.1) is 0 Å². The lowest BCUT2D eigenvalue weighted by atomic mass is 9.93. The number of hydrogen-bond donors (Lipinski definition) is 7. The standard InChI is InChI=1S/C19H34NO5P.C18H32NO5P/c1-2-3-4-5-6-7-8-17-9-11-18(12-10-17)13-14-19(20,15-21)16-25-26(22,23)24;1-3-4-5-6-7-14-23-17-10-8-16(9-11-17)12-13-18(2,19)15-24-25(20,21)22/h9-12,21H,2-8,13-16,20H2,1H3,(H2,22,23,24);8-11H,3-7,12-15,19H2,1-2H3,(H2,20,21,22)/t;18-/m.1/s1. The third kappa shape index (κ3) is 25.9. The first kappa shape index (κ1) is 47.4. The fourth-order valence-electron chi connectivity index (χ4n) is 5.17. The molecule has 0 saturated heterocycles. The van der Waals surface area contributed by atoms with Crippen LogP contribution in [0.4, 0.5) is 0 Å². The van der Waals surface area contributed by atoms with Gasteiger partial charge in [-0.1, -0.05) is 108 Å². The Labute approximate surface area is 306 Å². The summed E-state index contributed by atoms with van der Waals surface area (Å²) in [5, 5.41) is 9.42. The molecule has 51 heavy (non-hydrogen) atoms. The van der Waals surface area contributed by atoms with Crippen molar-refractivity contribution in [3.63, 3.8) is 0 Å². The van der Waals surface area contributed by atoms with Gasteiger partial charge in [-0.2, -0.15) is 0 Å². The zero-order valence-corrected chi connectivity index (χ0v) is 32.9. The van der Waals surface area contributed by atoms with E-state index in [1.165, 1.54) is 69.8 Å². The van der Waals surface area contributed by atoms with Gasteiger partial charge in [0.1, 0.15) is 5.75 Å². The summed E-state index contributed by atoms with van der Waals surface area (Å²) < 4.78 is 36.2. The number of rotatable bonds is 27. The fourth-order valence-corrected chi connectivity index (χ4v) is 6.05. The molecule has 0 amide bonds. The number of phosphoric acid groups is 2. The van der Waals surface area contributed by atoms with E-state index in [0.717, 1.165) is 36.3 Å². The van der Waals surface area contributed by atoms with Crippen LogP contribution in [-0.2, 0) is 37.4 Å². The number of aryl methyl sites for hydroxylation is 3. The van der Waals surface area contributed by atoms with Crippen molar-refractivity contribution < 1.29 is 47.6 Å². The summed E-state index contributed by atoms with van der Waals surface area (Å²) in [5.41, 5.74) is 13.5. The van der Waals surface area contributed by atoms with Crippen LogP contribution in [0.2, 0.25) is 0 Å². The summed E-state index contributed by atoms with van der Waals surface area (Å²) >= 11 is 0. The highest BCUT2D eigenvalue weighted by atomic mass is 31.2. The minimum Gasteiger partial charge on any atom is -0.494 e. The molecule has 0 spiro atoms. The molecule has 2 aromatic rings. The van der Waals surface area contributed by atoms with Crippen LogP contribution < -0.4 is 16.2 Å². The van der Waals surface area contributed by atoms with Crippen LogP contribution in [-0.4, -0.2) is 62.2 Å². The predicted molar refractivity (Wildman–Crippen MR) is 203 cm³/mol. The van der Waals surface area contributed by atoms with Crippen LogP contribution in [0.15, 0.2) is 48.5 Å². The maximum Gasteiger partial charge on any atom is 0.469 e. The Morgan fingerprint density at radius 2 is 1.04 bits per heavy atom. The van der Waals surface area contributed by atoms with E-state index in [-0.39, 0.29) is 13.2 Å². The normalized spacial score (nSPS) is 14.3. The Morgan fingerprint density at radius 3 is 1.55 bits per heavy atom. The van der Waals surface area contributed by atoms with Gasteiger partial charge in [-0.3, -0.25) is 9.05 Å². The maximum absolute atomic E-state index is 10.8. The second-order valence-corrected chi connectivity index (χ2v) is 16.4. The third-order valence-corrected chi connectivity index (χ3v) is 9.51. The Bertz CT molecular complexity index is 1270. The SMILES string of the molecule is CCCCCCCCc1ccc(CCC(N)(CO)COP(=O)(O)O)cc1.CCCCCCCOc1ccc(CC[C@@](C)(N)COP(=O)(O)O)cc1. The summed E-state index contributed by atoms with van der Waals surface area (Å²) in [6.07, 6.45) is 17.1. The summed E-state index contributed by atoms with van der Waals surface area (Å²) in [7, 11) is -9.07. The van der Waals surface area contributed by atoms with E-state index in [1.54, 1.807) is 6.92 Å². The van der Waals surface area contributed by atoms with E-state index < -0.39 is 33.3 Å². The Hall–Kier alpha value is -1.66. The second kappa shape index (κ2) is 25.4. The Kier molecular flexibility index (Phi) is 23.6. The number of unbranched alkanes of at least 4 members (excludes halogenated alkanes) is 9. The van der Waals surface area contributed by atoms with Gasteiger partial charge in [-0.05, 0) is 80.7 Å². The highest BCUT2D eigenvalue weighted by Gasteiger charge is 2.28. The largest absolute Gasteiger partial charge is 0.494 e. The summed E-state index contributed by atoms with van der Waals surface area (Å²) in [6, 6.07) is 16.2. The molecule has 1 unspecified atom stereocenters. The lowest BCUT2D eigenvalue weighted by molar-refractivity contribution is 0.102. The summed E-state index contributed by atoms with van der Waals surface area (Å²) in [5.74, 6) is 0.861. The Balaban J connectivity index is 0.000000510.